The van der Waals surface area contributed by atoms with Crippen molar-refractivity contribution in [3.63, 3.8) is 0 Å². The monoisotopic (exact) mass is 246 g/mol. The summed E-state index contributed by atoms with van der Waals surface area (Å²) in [6.07, 6.45) is 1.37. The van der Waals surface area contributed by atoms with E-state index in [4.69, 9.17) is 10.4 Å². The Hall–Kier alpha value is -1.13. The van der Waals surface area contributed by atoms with Gasteiger partial charge in [-0.2, -0.15) is 9.57 Å². The Labute approximate surface area is 94.5 Å². The number of sulfonamides is 1. The standard InChI is InChI=1S/C9H14N2O4S/c10-5-1-2-7-16(14,15)11-6-3-4-8(11)9(12)13/h8H,1-4,6-7H2,(H,12,13)/t8-/m0/s1. The Morgan fingerprint density at radius 2 is 2.25 bits per heavy atom. The smallest absolute Gasteiger partial charge is 0.322 e. The molecule has 1 N–H and O–H groups in total. The minimum absolute atomic E-state index is 0.148. The van der Waals surface area contributed by atoms with Gasteiger partial charge in [-0.05, 0) is 19.3 Å². The van der Waals surface area contributed by atoms with Crippen LogP contribution in [0.2, 0.25) is 0 Å². The Kier molecular flexibility index (Phi) is 4.26. The topological polar surface area (TPSA) is 98.5 Å². The lowest BCUT2D eigenvalue weighted by molar-refractivity contribution is -0.140. The highest BCUT2D eigenvalue weighted by atomic mass is 32.2. The fraction of sp³-hybridized carbons (Fsp3) is 0.778. The molecule has 0 bridgehead atoms. The molecule has 0 spiro atoms. The average Bonchev–Trinajstić information content (AvgIpc) is 2.66. The molecule has 1 rings (SSSR count). The average molecular weight is 246 g/mol. The molecule has 16 heavy (non-hydrogen) atoms. The maximum Gasteiger partial charge on any atom is 0.322 e. The van der Waals surface area contributed by atoms with E-state index in [1.807, 2.05) is 6.07 Å². The van der Waals surface area contributed by atoms with Crippen LogP contribution >= 0.6 is 0 Å². The Bertz CT molecular complexity index is 398. The third-order valence-electron chi connectivity index (χ3n) is 2.54. The van der Waals surface area contributed by atoms with Crippen LogP contribution in [0.4, 0.5) is 0 Å². The van der Waals surface area contributed by atoms with Crippen molar-refractivity contribution in [2.45, 2.75) is 31.7 Å². The molecule has 7 heteroatoms. The second-order valence-corrected chi connectivity index (χ2v) is 5.73. The van der Waals surface area contributed by atoms with Crippen molar-refractivity contribution in [1.29, 1.82) is 5.26 Å². The lowest BCUT2D eigenvalue weighted by Crippen LogP contribution is -2.41. The fourth-order valence-corrected chi connectivity index (χ4v) is 3.51. The molecule has 0 unspecified atom stereocenters. The lowest BCUT2D eigenvalue weighted by atomic mass is 10.2. The summed E-state index contributed by atoms with van der Waals surface area (Å²) in [7, 11) is -3.53. The van der Waals surface area contributed by atoms with Gasteiger partial charge >= 0.3 is 5.97 Å². The first-order valence-corrected chi connectivity index (χ1v) is 6.69. The van der Waals surface area contributed by atoms with Crippen molar-refractivity contribution in [3.8, 4) is 6.07 Å². The molecule has 0 amide bonds. The van der Waals surface area contributed by atoms with Crippen molar-refractivity contribution < 1.29 is 18.3 Å². The zero-order valence-corrected chi connectivity index (χ0v) is 9.61. The zero-order valence-electron chi connectivity index (χ0n) is 8.79. The maximum absolute atomic E-state index is 11.8. The summed E-state index contributed by atoms with van der Waals surface area (Å²) in [5.74, 6) is -1.24. The largest absolute Gasteiger partial charge is 0.480 e. The Balaban J connectivity index is 2.68. The summed E-state index contributed by atoms with van der Waals surface area (Å²) in [5, 5.41) is 17.2. The SMILES string of the molecule is N#CCCCS(=O)(=O)N1CCC[C@H]1C(=O)O. The van der Waals surface area contributed by atoms with Gasteiger partial charge in [0.2, 0.25) is 10.0 Å². The van der Waals surface area contributed by atoms with E-state index < -0.39 is 22.0 Å². The highest BCUT2D eigenvalue weighted by molar-refractivity contribution is 7.89. The van der Waals surface area contributed by atoms with Crippen molar-refractivity contribution in [3.05, 3.63) is 0 Å². The molecule has 90 valence electrons. The predicted octanol–water partition coefficient (Wildman–Crippen LogP) is 0.169. The number of hydrogen-bond acceptors (Lipinski definition) is 4. The van der Waals surface area contributed by atoms with E-state index in [1.165, 1.54) is 0 Å². The van der Waals surface area contributed by atoms with Gasteiger partial charge in [-0.1, -0.05) is 0 Å². The summed E-state index contributed by atoms with van der Waals surface area (Å²) in [5.41, 5.74) is 0. The molecular weight excluding hydrogens is 232 g/mol. The summed E-state index contributed by atoms with van der Waals surface area (Å²) >= 11 is 0. The predicted molar refractivity (Wildman–Crippen MR) is 56.0 cm³/mol. The Morgan fingerprint density at radius 3 is 2.81 bits per heavy atom. The third-order valence-corrected chi connectivity index (χ3v) is 4.49. The van der Waals surface area contributed by atoms with E-state index in [9.17, 15) is 13.2 Å². The molecule has 1 heterocycles. The lowest BCUT2D eigenvalue weighted by Gasteiger charge is -2.20. The molecule has 1 fully saturated rings. The van der Waals surface area contributed by atoms with Crippen LogP contribution in [0, 0.1) is 11.3 Å². The molecule has 0 saturated carbocycles. The van der Waals surface area contributed by atoms with Gasteiger partial charge in [0, 0.05) is 13.0 Å². The molecule has 1 aliphatic heterocycles. The minimum Gasteiger partial charge on any atom is -0.480 e. The van der Waals surface area contributed by atoms with Crippen molar-refractivity contribution in [1.82, 2.24) is 4.31 Å². The molecule has 1 aliphatic rings. The molecule has 0 aromatic carbocycles. The van der Waals surface area contributed by atoms with Gasteiger partial charge in [0.05, 0.1) is 11.8 Å². The molecular formula is C9H14N2O4S. The van der Waals surface area contributed by atoms with Gasteiger partial charge in [0.1, 0.15) is 6.04 Å². The number of carboxylic acid groups (broad SMARTS) is 1. The number of unbranched alkanes of at least 4 members (excludes halogenated alkanes) is 1. The van der Waals surface area contributed by atoms with Crippen molar-refractivity contribution in [2.24, 2.45) is 0 Å². The van der Waals surface area contributed by atoms with Gasteiger partial charge in [0.25, 0.3) is 0 Å². The molecule has 0 aromatic rings. The van der Waals surface area contributed by atoms with Crippen LogP contribution in [-0.2, 0) is 14.8 Å². The van der Waals surface area contributed by atoms with E-state index in [1.54, 1.807) is 0 Å². The highest BCUT2D eigenvalue weighted by Gasteiger charge is 2.37. The molecule has 1 saturated heterocycles. The molecule has 0 aromatic heterocycles. The molecule has 0 aliphatic carbocycles. The van der Waals surface area contributed by atoms with Crippen LogP contribution in [0.5, 0.6) is 0 Å². The molecule has 1 atom stereocenters. The number of hydrogen-bond donors (Lipinski definition) is 1. The minimum atomic E-state index is -3.53. The number of aliphatic carboxylic acids is 1. The van der Waals surface area contributed by atoms with Crippen LogP contribution in [-0.4, -0.2) is 42.1 Å². The van der Waals surface area contributed by atoms with Crippen LogP contribution in [0.15, 0.2) is 0 Å². The van der Waals surface area contributed by atoms with Gasteiger partial charge in [-0.15, -0.1) is 0 Å². The third kappa shape index (κ3) is 2.93. The van der Waals surface area contributed by atoms with Crippen LogP contribution in [0.1, 0.15) is 25.7 Å². The van der Waals surface area contributed by atoms with Crippen LogP contribution in [0.25, 0.3) is 0 Å². The highest BCUT2D eigenvalue weighted by Crippen LogP contribution is 2.22. The van der Waals surface area contributed by atoms with E-state index >= 15 is 0 Å². The van der Waals surface area contributed by atoms with Crippen molar-refractivity contribution in [2.75, 3.05) is 12.3 Å². The van der Waals surface area contributed by atoms with E-state index in [2.05, 4.69) is 0 Å². The number of nitrogens with zero attached hydrogens (tertiary/aromatic N) is 2. The normalized spacial score (nSPS) is 21.8. The summed E-state index contributed by atoms with van der Waals surface area (Å²) in [4.78, 5) is 10.8. The summed E-state index contributed by atoms with van der Waals surface area (Å²) < 4.78 is 24.6. The number of nitriles is 1. The van der Waals surface area contributed by atoms with Crippen LogP contribution < -0.4 is 0 Å². The summed E-state index contributed by atoms with van der Waals surface area (Å²) in [6, 6.07) is 0.942. The quantitative estimate of drug-likeness (QED) is 0.697. The van der Waals surface area contributed by atoms with Gasteiger partial charge in [-0.25, -0.2) is 8.42 Å². The van der Waals surface area contributed by atoms with Gasteiger partial charge in [0.15, 0.2) is 0 Å². The van der Waals surface area contributed by atoms with E-state index in [0.29, 0.717) is 12.8 Å². The molecule has 6 nitrogen and oxygen atoms in total. The fourth-order valence-electron chi connectivity index (χ4n) is 1.77. The Morgan fingerprint density at radius 1 is 1.56 bits per heavy atom. The number of carboxylic acids is 1. The maximum atomic E-state index is 11.8. The van der Waals surface area contributed by atoms with Crippen molar-refractivity contribution >= 4 is 16.0 Å². The first-order valence-electron chi connectivity index (χ1n) is 5.08. The zero-order chi connectivity index (χ0) is 12.2. The van der Waals surface area contributed by atoms with Gasteiger partial charge in [-0.3, -0.25) is 4.79 Å². The second-order valence-electron chi connectivity index (χ2n) is 3.68. The number of rotatable bonds is 5. The number of carbonyl (C=O) groups is 1. The van der Waals surface area contributed by atoms with E-state index in [0.717, 1.165) is 4.31 Å². The van der Waals surface area contributed by atoms with Crippen LogP contribution in [0.3, 0.4) is 0 Å². The summed E-state index contributed by atoms with van der Waals surface area (Å²) in [6.45, 7) is 0.270. The van der Waals surface area contributed by atoms with Gasteiger partial charge < -0.3 is 5.11 Å². The first kappa shape index (κ1) is 12.9. The molecule has 0 radical (unpaired) electrons. The first-order chi connectivity index (χ1) is 7.49. The second kappa shape index (κ2) is 5.27. The van der Waals surface area contributed by atoms with E-state index in [-0.39, 0.29) is 25.1 Å².